The SMILES string of the molecule is COC(=O)c1c2c(c3ccccc3c1O)OC(C)(CCCC(C)C)C=C2. The third-order valence-corrected chi connectivity index (χ3v) is 4.96. The van der Waals surface area contributed by atoms with Crippen LogP contribution in [0.5, 0.6) is 11.5 Å². The molecular formula is C22H26O4. The fraction of sp³-hybridized carbons (Fsp3) is 0.409. The first kappa shape index (κ1) is 18.3. The monoisotopic (exact) mass is 354 g/mol. The number of methoxy groups -OCH3 is 1. The van der Waals surface area contributed by atoms with Crippen molar-refractivity contribution in [3.63, 3.8) is 0 Å². The summed E-state index contributed by atoms with van der Waals surface area (Å²) in [5, 5.41) is 12.0. The Hall–Kier alpha value is -2.49. The van der Waals surface area contributed by atoms with Gasteiger partial charge in [0.25, 0.3) is 0 Å². The molecule has 0 saturated heterocycles. The first-order valence-electron chi connectivity index (χ1n) is 9.10. The maximum absolute atomic E-state index is 12.3. The molecule has 0 spiro atoms. The highest BCUT2D eigenvalue weighted by Crippen LogP contribution is 2.45. The minimum atomic E-state index is -0.568. The van der Waals surface area contributed by atoms with E-state index in [1.54, 1.807) is 6.07 Å². The number of carbonyl (C=O) groups is 1. The normalized spacial score (nSPS) is 18.7. The fourth-order valence-electron chi connectivity index (χ4n) is 3.51. The van der Waals surface area contributed by atoms with Gasteiger partial charge in [-0.1, -0.05) is 50.6 Å². The van der Waals surface area contributed by atoms with Crippen molar-refractivity contribution < 1.29 is 19.4 Å². The van der Waals surface area contributed by atoms with Crippen molar-refractivity contribution in [3.05, 3.63) is 41.5 Å². The number of carbonyl (C=O) groups excluding carboxylic acids is 1. The lowest BCUT2D eigenvalue weighted by Crippen LogP contribution is -2.32. The molecule has 1 atom stereocenters. The van der Waals surface area contributed by atoms with Crippen molar-refractivity contribution in [3.8, 4) is 11.5 Å². The van der Waals surface area contributed by atoms with Gasteiger partial charge in [0.2, 0.25) is 0 Å². The molecule has 2 aromatic carbocycles. The van der Waals surface area contributed by atoms with Gasteiger partial charge in [-0.15, -0.1) is 0 Å². The predicted octanol–water partition coefficient (Wildman–Crippen LogP) is 5.32. The van der Waals surface area contributed by atoms with E-state index in [-0.39, 0.29) is 11.3 Å². The standard InChI is InChI=1S/C22H26O4/c1-14(2)8-7-12-22(3)13-11-17-18(21(24)25-4)19(23)15-9-5-6-10-16(15)20(17)26-22/h5-6,9-11,13-14,23H,7-8,12H2,1-4H3. The average Bonchev–Trinajstić information content (AvgIpc) is 2.62. The molecular weight excluding hydrogens is 328 g/mol. The largest absolute Gasteiger partial charge is 0.506 e. The number of phenolic OH excluding ortho intramolecular Hbond substituents is 1. The van der Waals surface area contributed by atoms with E-state index in [1.165, 1.54) is 7.11 Å². The molecule has 0 aliphatic carbocycles. The topological polar surface area (TPSA) is 55.8 Å². The minimum Gasteiger partial charge on any atom is -0.506 e. The summed E-state index contributed by atoms with van der Waals surface area (Å²) < 4.78 is 11.3. The number of hydrogen-bond donors (Lipinski definition) is 1. The molecule has 0 saturated carbocycles. The fourth-order valence-corrected chi connectivity index (χ4v) is 3.51. The van der Waals surface area contributed by atoms with Gasteiger partial charge >= 0.3 is 5.97 Å². The molecule has 0 amide bonds. The number of esters is 1. The van der Waals surface area contributed by atoms with Crippen LogP contribution in [0.15, 0.2) is 30.3 Å². The third kappa shape index (κ3) is 3.28. The number of aromatic hydroxyl groups is 1. The molecule has 26 heavy (non-hydrogen) atoms. The maximum atomic E-state index is 12.3. The molecule has 4 nitrogen and oxygen atoms in total. The van der Waals surface area contributed by atoms with Gasteiger partial charge in [-0.05, 0) is 31.8 Å². The Kier molecular flexibility index (Phi) is 4.94. The summed E-state index contributed by atoms with van der Waals surface area (Å²) in [6, 6.07) is 7.42. The van der Waals surface area contributed by atoms with Crippen molar-refractivity contribution in [1.29, 1.82) is 0 Å². The van der Waals surface area contributed by atoms with Crippen LogP contribution in [0.1, 0.15) is 56.0 Å². The molecule has 1 heterocycles. The van der Waals surface area contributed by atoms with E-state index in [1.807, 2.05) is 30.4 Å². The van der Waals surface area contributed by atoms with Crippen LogP contribution in [0.3, 0.4) is 0 Å². The summed E-state index contributed by atoms with van der Waals surface area (Å²) >= 11 is 0. The molecule has 4 heteroatoms. The average molecular weight is 354 g/mol. The van der Waals surface area contributed by atoms with E-state index in [2.05, 4.69) is 20.8 Å². The lowest BCUT2D eigenvalue weighted by molar-refractivity contribution is 0.0595. The Labute approximate surface area is 154 Å². The smallest absolute Gasteiger partial charge is 0.342 e. The number of benzene rings is 2. The minimum absolute atomic E-state index is 0.0668. The van der Waals surface area contributed by atoms with Crippen LogP contribution in [0.25, 0.3) is 16.8 Å². The van der Waals surface area contributed by atoms with Crippen molar-refractivity contribution >= 4 is 22.8 Å². The lowest BCUT2D eigenvalue weighted by atomic mass is 9.89. The summed E-state index contributed by atoms with van der Waals surface area (Å²) in [5.74, 6) is 0.652. The molecule has 0 fully saturated rings. The zero-order valence-corrected chi connectivity index (χ0v) is 15.8. The van der Waals surface area contributed by atoms with Crippen molar-refractivity contribution in [2.45, 2.75) is 45.6 Å². The zero-order chi connectivity index (χ0) is 18.9. The third-order valence-electron chi connectivity index (χ3n) is 4.96. The van der Waals surface area contributed by atoms with Gasteiger partial charge < -0.3 is 14.6 Å². The van der Waals surface area contributed by atoms with Crippen LogP contribution in [0, 0.1) is 5.92 Å². The lowest BCUT2D eigenvalue weighted by Gasteiger charge is -2.33. The van der Waals surface area contributed by atoms with E-state index < -0.39 is 11.6 Å². The Morgan fingerprint density at radius 2 is 1.96 bits per heavy atom. The molecule has 0 bridgehead atoms. The summed E-state index contributed by atoms with van der Waals surface area (Å²) in [6.07, 6.45) is 6.96. The van der Waals surface area contributed by atoms with Gasteiger partial charge in [-0.2, -0.15) is 0 Å². The van der Waals surface area contributed by atoms with Crippen molar-refractivity contribution in [2.75, 3.05) is 7.11 Å². The highest BCUT2D eigenvalue weighted by molar-refractivity contribution is 6.08. The molecule has 0 radical (unpaired) electrons. The van der Waals surface area contributed by atoms with Gasteiger partial charge in [0.05, 0.1) is 7.11 Å². The summed E-state index contributed by atoms with van der Waals surface area (Å²) in [5.41, 5.74) is 0.297. The quantitative estimate of drug-likeness (QED) is 0.738. The van der Waals surface area contributed by atoms with E-state index in [4.69, 9.17) is 9.47 Å². The Morgan fingerprint density at radius 1 is 1.27 bits per heavy atom. The summed E-state index contributed by atoms with van der Waals surface area (Å²) in [6.45, 7) is 6.49. The molecule has 2 aromatic rings. The van der Waals surface area contributed by atoms with Crippen LogP contribution in [0.2, 0.25) is 0 Å². The zero-order valence-electron chi connectivity index (χ0n) is 15.8. The van der Waals surface area contributed by atoms with Crippen LogP contribution in [0.4, 0.5) is 0 Å². The number of phenols is 1. The summed E-state index contributed by atoms with van der Waals surface area (Å²) in [7, 11) is 1.31. The molecule has 1 aliphatic rings. The second-order valence-corrected chi connectivity index (χ2v) is 7.54. The molecule has 1 N–H and O–H groups in total. The van der Waals surface area contributed by atoms with Crippen LogP contribution >= 0.6 is 0 Å². The van der Waals surface area contributed by atoms with Crippen LogP contribution in [-0.2, 0) is 4.74 Å². The molecule has 1 unspecified atom stereocenters. The van der Waals surface area contributed by atoms with Crippen LogP contribution < -0.4 is 4.74 Å². The summed E-state index contributed by atoms with van der Waals surface area (Å²) in [4.78, 5) is 12.3. The number of hydrogen-bond acceptors (Lipinski definition) is 4. The van der Waals surface area contributed by atoms with Crippen LogP contribution in [-0.4, -0.2) is 23.8 Å². The molecule has 138 valence electrons. The first-order chi connectivity index (χ1) is 12.4. The highest BCUT2D eigenvalue weighted by Gasteiger charge is 2.32. The number of fused-ring (bicyclic) bond motifs is 3. The van der Waals surface area contributed by atoms with Gasteiger partial charge in [0.15, 0.2) is 0 Å². The van der Waals surface area contributed by atoms with Crippen molar-refractivity contribution in [2.24, 2.45) is 5.92 Å². The van der Waals surface area contributed by atoms with E-state index in [0.29, 0.717) is 22.6 Å². The highest BCUT2D eigenvalue weighted by atomic mass is 16.5. The molecule has 3 rings (SSSR count). The second kappa shape index (κ2) is 7.02. The van der Waals surface area contributed by atoms with Gasteiger partial charge in [0, 0.05) is 16.3 Å². The van der Waals surface area contributed by atoms with Crippen molar-refractivity contribution in [1.82, 2.24) is 0 Å². The van der Waals surface area contributed by atoms with Gasteiger partial charge in [-0.25, -0.2) is 4.79 Å². The maximum Gasteiger partial charge on any atom is 0.342 e. The number of rotatable bonds is 5. The molecule has 1 aliphatic heterocycles. The van der Waals surface area contributed by atoms with Gasteiger partial charge in [0.1, 0.15) is 22.7 Å². The Bertz CT molecular complexity index is 866. The predicted molar refractivity (Wildman–Crippen MR) is 104 cm³/mol. The van der Waals surface area contributed by atoms with E-state index in [9.17, 15) is 9.90 Å². The van der Waals surface area contributed by atoms with Gasteiger partial charge in [-0.3, -0.25) is 0 Å². The van der Waals surface area contributed by atoms with E-state index >= 15 is 0 Å². The first-order valence-corrected chi connectivity index (χ1v) is 9.10. The Morgan fingerprint density at radius 3 is 2.62 bits per heavy atom. The van der Waals surface area contributed by atoms with E-state index in [0.717, 1.165) is 24.6 Å². The second-order valence-electron chi connectivity index (χ2n) is 7.54. The Balaban J connectivity index is 2.10. The number of ether oxygens (including phenoxy) is 2. The molecule has 0 aromatic heterocycles.